The van der Waals surface area contributed by atoms with Gasteiger partial charge in [-0.1, -0.05) is 18.2 Å². The number of aliphatic hydroxyl groups excluding tert-OH is 1. The third-order valence-corrected chi connectivity index (χ3v) is 2.51. The molecule has 0 amide bonds. The lowest BCUT2D eigenvalue weighted by molar-refractivity contribution is 0.213. The number of benzene rings is 1. The van der Waals surface area contributed by atoms with Gasteiger partial charge in [-0.3, -0.25) is 4.98 Å². The van der Waals surface area contributed by atoms with Crippen LogP contribution in [0.5, 0.6) is 5.75 Å². The molecule has 88 valence electrons. The van der Waals surface area contributed by atoms with Crippen molar-refractivity contribution in [3.05, 3.63) is 59.7 Å². The topological polar surface area (TPSA) is 42.4 Å². The highest BCUT2D eigenvalue weighted by molar-refractivity contribution is 5.36. The van der Waals surface area contributed by atoms with Crippen molar-refractivity contribution >= 4 is 0 Å². The van der Waals surface area contributed by atoms with E-state index in [4.69, 9.17) is 4.74 Å². The first-order chi connectivity index (χ1) is 8.24. The number of rotatable bonds is 3. The molecule has 1 unspecified atom stereocenters. The number of pyridine rings is 1. The lowest BCUT2D eigenvalue weighted by atomic mass is 10.0. The van der Waals surface area contributed by atoms with Crippen LogP contribution in [0.15, 0.2) is 42.7 Å². The fourth-order valence-corrected chi connectivity index (χ4v) is 1.61. The van der Waals surface area contributed by atoms with Gasteiger partial charge in [0.25, 0.3) is 0 Å². The van der Waals surface area contributed by atoms with Crippen molar-refractivity contribution in [3.63, 3.8) is 0 Å². The third-order valence-electron chi connectivity index (χ3n) is 2.51. The fraction of sp³-hybridized carbons (Fsp3) is 0.154. The lowest BCUT2D eigenvalue weighted by Crippen LogP contribution is -2.04. The summed E-state index contributed by atoms with van der Waals surface area (Å²) in [5.74, 6) is -0.434. The predicted octanol–water partition coefficient (Wildman–Crippen LogP) is 2.31. The highest BCUT2D eigenvalue weighted by Crippen LogP contribution is 2.28. The van der Waals surface area contributed by atoms with Gasteiger partial charge in [-0.25, -0.2) is 4.39 Å². The highest BCUT2D eigenvalue weighted by atomic mass is 19.1. The molecule has 1 aromatic carbocycles. The van der Waals surface area contributed by atoms with Crippen LogP contribution in [-0.4, -0.2) is 17.2 Å². The van der Waals surface area contributed by atoms with Gasteiger partial charge in [0.2, 0.25) is 0 Å². The quantitative estimate of drug-likeness (QED) is 0.884. The molecule has 2 aromatic rings. The van der Waals surface area contributed by atoms with E-state index >= 15 is 0 Å². The summed E-state index contributed by atoms with van der Waals surface area (Å²) in [6, 6.07) is 8.05. The maximum Gasteiger partial charge on any atom is 0.171 e. The maximum absolute atomic E-state index is 13.9. The van der Waals surface area contributed by atoms with Crippen LogP contribution in [0.2, 0.25) is 0 Å². The molecule has 0 aliphatic heterocycles. The molecule has 0 radical (unpaired) electrons. The number of ether oxygens (including phenoxy) is 1. The Morgan fingerprint density at radius 1 is 1.29 bits per heavy atom. The summed E-state index contributed by atoms with van der Waals surface area (Å²) < 4.78 is 18.8. The second-order valence-electron chi connectivity index (χ2n) is 3.55. The molecule has 0 saturated heterocycles. The molecular weight excluding hydrogens is 221 g/mol. The largest absolute Gasteiger partial charge is 0.494 e. The molecule has 0 saturated carbocycles. The smallest absolute Gasteiger partial charge is 0.171 e. The van der Waals surface area contributed by atoms with Crippen molar-refractivity contribution in [2.24, 2.45) is 0 Å². The normalized spacial score (nSPS) is 12.2. The van der Waals surface area contributed by atoms with Crippen molar-refractivity contribution in [1.29, 1.82) is 0 Å². The summed E-state index contributed by atoms with van der Waals surface area (Å²) in [5.41, 5.74) is 0.719. The van der Waals surface area contributed by atoms with Crippen LogP contribution in [0.3, 0.4) is 0 Å². The minimum atomic E-state index is -1.04. The van der Waals surface area contributed by atoms with Crippen LogP contribution in [-0.2, 0) is 0 Å². The second-order valence-corrected chi connectivity index (χ2v) is 3.55. The summed E-state index contributed by atoms with van der Waals surface area (Å²) in [6.07, 6.45) is 2.06. The maximum atomic E-state index is 13.9. The minimum absolute atomic E-state index is 0.116. The van der Waals surface area contributed by atoms with Crippen LogP contribution in [0.4, 0.5) is 4.39 Å². The lowest BCUT2D eigenvalue weighted by Gasteiger charge is -2.13. The Morgan fingerprint density at radius 2 is 2.12 bits per heavy atom. The van der Waals surface area contributed by atoms with Crippen LogP contribution in [0.1, 0.15) is 17.2 Å². The van der Waals surface area contributed by atoms with Crippen molar-refractivity contribution in [1.82, 2.24) is 4.98 Å². The molecule has 17 heavy (non-hydrogen) atoms. The Kier molecular flexibility index (Phi) is 3.35. The summed E-state index contributed by atoms with van der Waals surface area (Å²) in [6.45, 7) is 0. The Labute approximate surface area is 98.5 Å². The zero-order valence-electron chi connectivity index (χ0n) is 9.30. The molecule has 2 rings (SSSR count). The van der Waals surface area contributed by atoms with Crippen LogP contribution < -0.4 is 4.74 Å². The van der Waals surface area contributed by atoms with Gasteiger partial charge in [0.05, 0.1) is 7.11 Å². The van der Waals surface area contributed by atoms with E-state index in [0.717, 1.165) is 0 Å². The summed E-state index contributed by atoms with van der Waals surface area (Å²) in [7, 11) is 1.39. The molecule has 1 N–H and O–H groups in total. The van der Waals surface area contributed by atoms with Gasteiger partial charge < -0.3 is 9.84 Å². The van der Waals surface area contributed by atoms with E-state index in [-0.39, 0.29) is 11.3 Å². The number of nitrogens with zero attached hydrogens (tertiary/aromatic N) is 1. The monoisotopic (exact) mass is 233 g/mol. The van der Waals surface area contributed by atoms with Gasteiger partial charge in [-0.05, 0) is 12.1 Å². The number of methoxy groups -OCH3 is 1. The van der Waals surface area contributed by atoms with Crippen LogP contribution in [0, 0.1) is 5.82 Å². The number of aromatic nitrogens is 1. The Balaban J connectivity index is 2.41. The van der Waals surface area contributed by atoms with Gasteiger partial charge in [-0.2, -0.15) is 0 Å². The summed E-state index contributed by atoms with van der Waals surface area (Å²) in [5, 5.41) is 10.1. The zero-order valence-corrected chi connectivity index (χ0v) is 9.30. The number of hydrogen-bond acceptors (Lipinski definition) is 3. The van der Waals surface area contributed by atoms with E-state index in [1.54, 1.807) is 24.4 Å². The van der Waals surface area contributed by atoms with Crippen molar-refractivity contribution in [2.75, 3.05) is 7.11 Å². The molecule has 1 aromatic heterocycles. The van der Waals surface area contributed by atoms with Crippen molar-refractivity contribution in [2.45, 2.75) is 6.10 Å². The third kappa shape index (κ3) is 2.26. The van der Waals surface area contributed by atoms with E-state index < -0.39 is 11.9 Å². The summed E-state index contributed by atoms with van der Waals surface area (Å²) >= 11 is 0. The van der Waals surface area contributed by atoms with E-state index in [2.05, 4.69) is 4.98 Å². The van der Waals surface area contributed by atoms with Gasteiger partial charge in [0.15, 0.2) is 11.6 Å². The van der Waals surface area contributed by atoms with E-state index in [1.165, 1.54) is 25.4 Å². The Hall–Kier alpha value is -1.94. The summed E-state index contributed by atoms with van der Waals surface area (Å²) in [4.78, 5) is 3.89. The first-order valence-electron chi connectivity index (χ1n) is 5.14. The van der Waals surface area contributed by atoms with Crippen molar-refractivity contribution < 1.29 is 14.2 Å². The van der Waals surface area contributed by atoms with Gasteiger partial charge in [-0.15, -0.1) is 0 Å². The molecular formula is C13H12FNO2. The number of halogens is 1. The molecule has 0 aliphatic rings. The van der Waals surface area contributed by atoms with Crippen molar-refractivity contribution in [3.8, 4) is 5.75 Å². The average molecular weight is 233 g/mol. The standard InChI is InChI=1S/C13H12FNO2/c1-17-11-6-2-5-10(12(11)14)13(16)9-4-3-7-15-8-9/h2-8,13,16H,1H3. The molecule has 0 spiro atoms. The molecule has 0 fully saturated rings. The Bertz CT molecular complexity index is 502. The Morgan fingerprint density at radius 3 is 2.76 bits per heavy atom. The molecule has 1 atom stereocenters. The molecule has 0 aliphatic carbocycles. The SMILES string of the molecule is COc1cccc(C(O)c2cccnc2)c1F. The van der Waals surface area contributed by atoms with E-state index in [1.807, 2.05) is 0 Å². The first kappa shape index (κ1) is 11.5. The average Bonchev–Trinajstić information content (AvgIpc) is 2.39. The second kappa shape index (κ2) is 4.93. The fourth-order valence-electron chi connectivity index (χ4n) is 1.61. The predicted molar refractivity (Wildman–Crippen MR) is 61.3 cm³/mol. The van der Waals surface area contributed by atoms with Gasteiger partial charge in [0.1, 0.15) is 6.10 Å². The van der Waals surface area contributed by atoms with Gasteiger partial charge >= 0.3 is 0 Å². The van der Waals surface area contributed by atoms with Gasteiger partial charge in [0, 0.05) is 23.5 Å². The van der Waals surface area contributed by atoms with Crippen LogP contribution >= 0.6 is 0 Å². The highest BCUT2D eigenvalue weighted by Gasteiger charge is 2.17. The van der Waals surface area contributed by atoms with Crippen LogP contribution in [0.25, 0.3) is 0 Å². The molecule has 3 nitrogen and oxygen atoms in total. The molecule has 1 heterocycles. The van der Waals surface area contributed by atoms with E-state index in [0.29, 0.717) is 5.56 Å². The van der Waals surface area contributed by atoms with E-state index in [9.17, 15) is 9.50 Å². The molecule has 4 heteroatoms. The number of hydrogen-bond donors (Lipinski definition) is 1. The minimum Gasteiger partial charge on any atom is -0.494 e. The number of aliphatic hydroxyl groups is 1. The zero-order chi connectivity index (χ0) is 12.3. The first-order valence-corrected chi connectivity index (χ1v) is 5.14. The molecule has 0 bridgehead atoms.